The van der Waals surface area contributed by atoms with Crippen molar-refractivity contribution in [1.82, 2.24) is 15.5 Å². The van der Waals surface area contributed by atoms with Gasteiger partial charge in [-0.05, 0) is 25.6 Å². The first kappa shape index (κ1) is 18.6. The van der Waals surface area contributed by atoms with Crippen LogP contribution in [0.4, 0.5) is 9.18 Å². The van der Waals surface area contributed by atoms with Crippen molar-refractivity contribution in [3.05, 3.63) is 71.5 Å². The topological polar surface area (TPSA) is 61.4 Å². The van der Waals surface area contributed by atoms with Crippen molar-refractivity contribution < 1.29 is 14.0 Å². The molecule has 2 rings (SSSR count). The Morgan fingerprint density at radius 1 is 1.08 bits per heavy atom. The number of nitrogens with one attached hydrogen (secondary N) is 2. The van der Waals surface area contributed by atoms with Gasteiger partial charge in [0.2, 0.25) is 5.91 Å². The van der Waals surface area contributed by atoms with Crippen LogP contribution in [0.5, 0.6) is 0 Å². The number of halogens is 1. The maximum atomic E-state index is 13.7. The van der Waals surface area contributed by atoms with E-state index in [2.05, 4.69) is 10.6 Å². The minimum atomic E-state index is -0.581. The maximum Gasteiger partial charge on any atom is 0.321 e. The first-order valence-corrected chi connectivity index (χ1v) is 8.03. The summed E-state index contributed by atoms with van der Waals surface area (Å²) >= 11 is 0. The third-order valence-electron chi connectivity index (χ3n) is 3.95. The predicted octanol–water partition coefficient (Wildman–Crippen LogP) is 2.67. The van der Waals surface area contributed by atoms with Crippen molar-refractivity contribution in [2.24, 2.45) is 0 Å². The normalized spacial score (nSPS) is 11.8. The first-order chi connectivity index (χ1) is 12.0. The zero-order valence-corrected chi connectivity index (χ0v) is 14.3. The largest absolute Gasteiger partial charge is 0.334 e. The highest BCUT2D eigenvalue weighted by molar-refractivity contribution is 5.96. The standard InChI is InChI=1S/C19H22FN3O2/c1-14(23(2)13-16-10-6-7-11-17(16)20)18(24)22-19(25)21-12-15-8-4-3-5-9-15/h3-11,14H,12-13H2,1-2H3,(H2,21,22,24,25). The van der Waals surface area contributed by atoms with Crippen LogP contribution in [-0.4, -0.2) is 29.9 Å². The highest BCUT2D eigenvalue weighted by Gasteiger charge is 2.20. The molecular formula is C19H22FN3O2. The Kier molecular flexibility index (Phi) is 6.65. The van der Waals surface area contributed by atoms with E-state index in [4.69, 9.17) is 0 Å². The lowest BCUT2D eigenvalue weighted by atomic mass is 10.1. The Bertz CT molecular complexity index is 722. The lowest BCUT2D eigenvalue weighted by Gasteiger charge is -2.23. The van der Waals surface area contributed by atoms with Gasteiger partial charge in [0.1, 0.15) is 5.82 Å². The SMILES string of the molecule is CC(C(=O)NC(=O)NCc1ccccc1)N(C)Cc1ccccc1F. The Hall–Kier alpha value is -2.73. The molecule has 0 fully saturated rings. The quantitative estimate of drug-likeness (QED) is 0.848. The van der Waals surface area contributed by atoms with Crippen molar-refractivity contribution in [2.45, 2.75) is 26.1 Å². The Balaban J connectivity index is 1.82. The molecule has 0 bridgehead atoms. The number of amides is 3. The van der Waals surface area contributed by atoms with E-state index < -0.39 is 18.0 Å². The summed E-state index contributed by atoms with van der Waals surface area (Å²) in [5.41, 5.74) is 1.44. The van der Waals surface area contributed by atoms with Gasteiger partial charge in [0.25, 0.3) is 0 Å². The summed E-state index contributed by atoms with van der Waals surface area (Å²) in [5.74, 6) is -0.757. The average molecular weight is 343 g/mol. The van der Waals surface area contributed by atoms with Crippen LogP contribution in [0.3, 0.4) is 0 Å². The first-order valence-electron chi connectivity index (χ1n) is 8.03. The van der Waals surface area contributed by atoms with Crippen LogP contribution in [0, 0.1) is 5.82 Å². The molecular weight excluding hydrogens is 321 g/mol. The Morgan fingerprint density at radius 3 is 2.40 bits per heavy atom. The number of nitrogens with zero attached hydrogens (tertiary/aromatic N) is 1. The number of carbonyl (C=O) groups is 2. The number of likely N-dealkylation sites (N-methyl/N-ethyl adjacent to an activating group) is 1. The number of imide groups is 1. The molecule has 0 aliphatic carbocycles. The van der Waals surface area contributed by atoms with Gasteiger partial charge in [-0.3, -0.25) is 15.0 Å². The van der Waals surface area contributed by atoms with Crippen LogP contribution in [-0.2, 0) is 17.9 Å². The fourth-order valence-corrected chi connectivity index (χ4v) is 2.27. The van der Waals surface area contributed by atoms with E-state index in [0.29, 0.717) is 12.1 Å². The van der Waals surface area contributed by atoms with Gasteiger partial charge in [-0.15, -0.1) is 0 Å². The summed E-state index contributed by atoms with van der Waals surface area (Å²) in [4.78, 5) is 25.7. The lowest BCUT2D eigenvalue weighted by molar-refractivity contribution is -0.124. The van der Waals surface area contributed by atoms with Gasteiger partial charge in [0.05, 0.1) is 6.04 Å². The third kappa shape index (κ3) is 5.69. The van der Waals surface area contributed by atoms with Crippen molar-refractivity contribution >= 4 is 11.9 Å². The third-order valence-corrected chi connectivity index (χ3v) is 3.95. The van der Waals surface area contributed by atoms with Gasteiger partial charge in [0.15, 0.2) is 0 Å². The van der Waals surface area contributed by atoms with Gasteiger partial charge in [-0.1, -0.05) is 48.5 Å². The van der Waals surface area contributed by atoms with Gasteiger partial charge < -0.3 is 5.32 Å². The fraction of sp³-hybridized carbons (Fsp3) is 0.263. The zero-order chi connectivity index (χ0) is 18.2. The predicted molar refractivity (Wildman–Crippen MR) is 94.1 cm³/mol. The smallest absolute Gasteiger partial charge is 0.321 e. The van der Waals surface area contributed by atoms with Crippen molar-refractivity contribution in [2.75, 3.05) is 7.05 Å². The van der Waals surface area contributed by atoms with Crippen LogP contribution < -0.4 is 10.6 Å². The number of hydrogen-bond acceptors (Lipinski definition) is 3. The monoisotopic (exact) mass is 343 g/mol. The molecule has 25 heavy (non-hydrogen) atoms. The number of urea groups is 1. The van der Waals surface area contributed by atoms with Crippen LogP contribution in [0.2, 0.25) is 0 Å². The summed E-state index contributed by atoms with van der Waals surface area (Å²) in [6, 6.07) is 14.7. The molecule has 0 saturated heterocycles. The molecule has 0 radical (unpaired) electrons. The van der Waals surface area contributed by atoms with Gasteiger partial charge in [-0.2, -0.15) is 0 Å². The molecule has 0 saturated carbocycles. The van der Waals surface area contributed by atoms with Crippen molar-refractivity contribution in [1.29, 1.82) is 0 Å². The van der Waals surface area contributed by atoms with E-state index in [1.165, 1.54) is 6.07 Å². The Labute approximate surface area is 146 Å². The molecule has 0 heterocycles. The lowest BCUT2D eigenvalue weighted by Crippen LogP contribution is -2.48. The van der Waals surface area contributed by atoms with Gasteiger partial charge in [-0.25, -0.2) is 9.18 Å². The minimum Gasteiger partial charge on any atom is -0.334 e. The van der Waals surface area contributed by atoms with Crippen LogP contribution in [0.25, 0.3) is 0 Å². The second kappa shape index (κ2) is 8.94. The number of benzene rings is 2. The highest BCUT2D eigenvalue weighted by Crippen LogP contribution is 2.10. The second-order valence-corrected chi connectivity index (χ2v) is 5.84. The molecule has 1 unspecified atom stereocenters. The van der Waals surface area contributed by atoms with E-state index in [9.17, 15) is 14.0 Å². The van der Waals surface area contributed by atoms with E-state index in [-0.39, 0.29) is 12.4 Å². The molecule has 2 aromatic rings. The zero-order valence-electron chi connectivity index (χ0n) is 14.3. The molecule has 1 atom stereocenters. The number of carbonyl (C=O) groups excluding carboxylic acids is 2. The summed E-state index contributed by atoms with van der Waals surface area (Å²) in [6.07, 6.45) is 0. The van der Waals surface area contributed by atoms with E-state index in [0.717, 1.165) is 5.56 Å². The second-order valence-electron chi connectivity index (χ2n) is 5.84. The highest BCUT2D eigenvalue weighted by atomic mass is 19.1. The van der Waals surface area contributed by atoms with Crippen LogP contribution >= 0.6 is 0 Å². The minimum absolute atomic E-state index is 0.271. The molecule has 132 valence electrons. The number of rotatable bonds is 6. The van der Waals surface area contributed by atoms with E-state index in [1.54, 1.807) is 37.1 Å². The molecule has 0 aliphatic rings. The molecule has 0 aromatic heterocycles. The molecule has 2 N–H and O–H groups in total. The molecule has 0 aliphatic heterocycles. The molecule has 3 amide bonds. The molecule has 2 aromatic carbocycles. The maximum absolute atomic E-state index is 13.7. The number of hydrogen-bond donors (Lipinski definition) is 2. The van der Waals surface area contributed by atoms with Crippen LogP contribution in [0.1, 0.15) is 18.1 Å². The molecule has 0 spiro atoms. The average Bonchev–Trinajstić information content (AvgIpc) is 2.62. The van der Waals surface area contributed by atoms with E-state index >= 15 is 0 Å². The summed E-state index contributed by atoms with van der Waals surface area (Å²) in [5, 5.41) is 4.94. The van der Waals surface area contributed by atoms with E-state index in [1.807, 2.05) is 30.3 Å². The van der Waals surface area contributed by atoms with Crippen LogP contribution in [0.15, 0.2) is 54.6 Å². The molecule has 6 heteroatoms. The van der Waals surface area contributed by atoms with Gasteiger partial charge >= 0.3 is 6.03 Å². The fourth-order valence-electron chi connectivity index (χ4n) is 2.27. The molecule has 5 nitrogen and oxygen atoms in total. The van der Waals surface area contributed by atoms with Crippen molar-refractivity contribution in [3.8, 4) is 0 Å². The van der Waals surface area contributed by atoms with Gasteiger partial charge in [0, 0.05) is 18.7 Å². The Morgan fingerprint density at radius 2 is 1.72 bits per heavy atom. The summed E-state index contributed by atoms with van der Waals surface area (Å²) in [7, 11) is 1.71. The summed E-state index contributed by atoms with van der Waals surface area (Å²) < 4.78 is 13.7. The van der Waals surface area contributed by atoms with Crippen molar-refractivity contribution in [3.63, 3.8) is 0 Å². The summed E-state index contributed by atoms with van der Waals surface area (Å²) in [6.45, 7) is 2.27.